The van der Waals surface area contributed by atoms with Crippen molar-refractivity contribution in [1.82, 2.24) is 0 Å². The van der Waals surface area contributed by atoms with E-state index in [-0.39, 0.29) is 11.2 Å². The fraction of sp³-hybridized carbons (Fsp3) is 0.467. The molecule has 0 atom stereocenters. The van der Waals surface area contributed by atoms with E-state index in [1.54, 1.807) is 13.0 Å². The molecule has 0 aromatic heterocycles. The minimum Gasteiger partial charge on any atom is -0.321 e. The minimum absolute atomic E-state index is 0.0677. The lowest BCUT2D eigenvalue weighted by atomic mass is 9.72. The lowest BCUT2D eigenvalue weighted by Crippen LogP contribution is -2.24. The smallest absolute Gasteiger partial charge is 0.321 e. The van der Waals surface area contributed by atoms with Crippen LogP contribution < -0.4 is 0 Å². The second kappa shape index (κ2) is 6.07. The molecule has 0 saturated heterocycles. The second-order valence-electron chi connectivity index (χ2n) is 5.72. The van der Waals surface area contributed by atoms with Crippen molar-refractivity contribution in [1.29, 1.82) is 0 Å². The lowest BCUT2D eigenvalue weighted by Gasteiger charge is -2.32. The molecule has 0 aromatic carbocycles. The molecule has 4 nitrogen and oxygen atoms in total. The van der Waals surface area contributed by atoms with Gasteiger partial charge in [0.05, 0.1) is 5.82 Å². The molecule has 0 aliphatic heterocycles. The summed E-state index contributed by atoms with van der Waals surface area (Å²) in [6.07, 6.45) is 4.96. The molecular weight excluding hydrogens is 275 g/mol. The highest BCUT2D eigenvalue weighted by molar-refractivity contribution is 7.55. The zero-order valence-electron chi connectivity index (χ0n) is 12.3. The highest BCUT2D eigenvalue weighted by Gasteiger charge is 2.30. The van der Waals surface area contributed by atoms with E-state index in [1.165, 1.54) is 0 Å². The first-order chi connectivity index (χ1) is 9.03. The average Bonchev–Trinajstić information content (AvgIpc) is 2.31. The first-order valence-corrected chi connectivity index (χ1v) is 8.13. The maximum absolute atomic E-state index is 11.8. The van der Waals surface area contributed by atoms with E-state index in [2.05, 4.69) is 19.6 Å². The molecule has 20 heavy (non-hydrogen) atoms. The Morgan fingerprint density at radius 3 is 2.55 bits per heavy atom. The zero-order valence-corrected chi connectivity index (χ0v) is 13.2. The van der Waals surface area contributed by atoms with Crippen LogP contribution in [0, 0.1) is 5.41 Å². The number of ketones is 1. The first kappa shape index (κ1) is 16.9. The average molecular weight is 296 g/mol. The third-order valence-electron chi connectivity index (χ3n) is 3.49. The van der Waals surface area contributed by atoms with Crippen molar-refractivity contribution in [2.45, 2.75) is 40.5 Å². The Balaban J connectivity index is 3.10. The Kier molecular flexibility index (Phi) is 5.12. The predicted molar refractivity (Wildman–Crippen MR) is 79.2 cm³/mol. The molecule has 0 saturated carbocycles. The van der Waals surface area contributed by atoms with Gasteiger partial charge in [-0.2, -0.15) is 0 Å². The topological polar surface area (TPSA) is 74.6 Å². The van der Waals surface area contributed by atoms with Crippen molar-refractivity contribution < 1.29 is 19.1 Å². The van der Waals surface area contributed by atoms with Gasteiger partial charge in [0.2, 0.25) is 0 Å². The van der Waals surface area contributed by atoms with E-state index >= 15 is 0 Å². The molecule has 0 amide bonds. The highest BCUT2D eigenvalue weighted by atomic mass is 31.2. The molecular formula is C15H21O4P. The summed E-state index contributed by atoms with van der Waals surface area (Å²) in [6.45, 7) is 7.71. The molecule has 2 N–H and O–H groups in total. The van der Waals surface area contributed by atoms with Crippen LogP contribution in [0.4, 0.5) is 0 Å². The molecule has 0 fully saturated rings. The van der Waals surface area contributed by atoms with Gasteiger partial charge in [-0.15, -0.1) is 5.73 Å². The number of carbonyl (C=O) groups excluding carboxylic acids is 1. The summed E-state index contributed by atoms with van der Waals surface area (Å²) in [5.74, 6) is 0.918. The van der Waals surface area contributed by atoms with Gasteiger partial charge in [0, 0.05) is 6.42 Å². The van der Waals surface area contributed by atoms with Crippen LogP contribution in [0.2, 0.25) is 0 Å². The van der Waals surface area contributed by atoms with Crippen molar-refractivity contribution in [3.8, 4) is 0 Å². The van der Waals surface area contributed by atoms with Gasteiger partial charge in [-0.3, -0.25) is 9.36 Å². The van der Waals surface area contributed by atoms with E-state index in [4.69, 9.17) is 9.79 Å². The fourth-order valence-corrected chi connectivity index (χ4v) is 2.57. The molecule has 1 rings (SSSR count). The largest absolute Gasteiger partial charge is 0.356 e. The third-order valence-corrected chi connectivity index (χ3v) is 3.95. The van der Waals surface area contributed by atoms with E-state index in [1.807, 2.05) is 13.0 Å². The maximum Gasteiger partial charge on any atom is 0.356 e. The number of hydrogen-bond acceptors (Lipinski definition) is 2. The van der Waals surface area contributed by atoms with Crippen LogP contribution >= 0.6 is 7.60 Å². The van der Waals surface area contributed by atoms with Crippen molar-refractivity contribution in [3.63, 3.8) is 0 Å². The van der Waals surface area contributed by atoms with Gasteiger partial charge in [-0.05, 0) is 42.4 Å². The summed E-state index contributed by atoms with van der Waals surface area (Å²) >= 11 is 0. The molecule has 0 radical (unpaired) electrons. The van der Waals surface area contributed by atoms with Crippen LogP contribution in [0.1, 0.15) is 40.5 Å². The summed E-state index contributed by atoms with van der Waals surface area (Å²) in [5, 5.41) is 0. The number of allylic oxidation sites excluding steroid dienone is 5. The standard InChI is InChI=1S/C15H21O4P/c1-11(8-10-20(17,18)19)5-6-13-12(2)14(16)7-9-15(13,3)4/h5-6,10H,7,9H2,1-4H3,(H2,17,18,19)/b6-5+. The SMILES string of the molecule is CC(=C=CP(=O)(O)O)/C=C/C1=C(C)C(=O)CCC1(C)C. The third kappa shape index (κ3) is 4.73. The molecule has 0 aromatic rings. The molecule has 1 aliphatic carbocycles. The minimum atomic E-state index is -4.18. The van der Waals surface area contributed by atoms with E-state index < -0.39 is 7.60 Å². The molecule has 1 aliphatic rings. The van der Waals surface area contributed by atoms with E-state index in [9.17, 15) is 9.36 Å². The normalized spacial score (nSPS) is 19.2. The van der Waals surface area contributed by atoms with Crippen LogP contribution in [0.25, 0.3) is 0 Å². The number of Topliss-reactive ketones (excluding diaryl/α,β-unsaturated/α-hetero) is 1. The van der Waals surface area contributed by atoms with Crippen LogP contribution in [0.5, 0.6) is 0 Å². The zero-order chi connectivity index (χ0) is 15.6. The van der Waals surface area contributed by atoms with Crippen LogP contribution in [-0.4, -0.2) is 15.6 Å². The summed E-state index contributed by atoms with van der Waals surface area (Å²) < 4.78 is 10.7. The van der Waals surface area contributed by atoms with E-state index in [0.29, 0.717) is 12.0 Å². The van der Waals surface area contributed by atoms with Crippen molar-refractivity contribution in [2.24, 2.45) is 5.41 Å². The Morgan fingerprint density at radius 2 is 2.00 bits per heavy atom. The summed E-state index contributed by atoms with van der Waals surface area (Å²) in [6, 6.07) is 0. The van der Waals surface area contributed by atoms with Crippen LogP contribution in [-0.2, 0) is 9.36 Å². The van der Waals surface area contributed by atoms with Crippen molar-refractivity contribution in [3.05, 3.63) is 40.4 Å². The maximum atomic E-state index is 11.8. The Bertz CT molecular complexity index is 581. The number of rotatable bonds is 3. The molecule has 0 spiro atoms. The van der Waals surface area contributed by atoms with Gasteiger partial charge in [-0.25, -0.2) is 0 Å². The summed E-state index contributed by atoms with van der Waals surface area (Å²) in [5.41, 5.74) is 4.83. The molecule has 110 valence electrons. The summed E-state index contributed by atoms with van der Waals surface area (Å²) in [7, 11) is -4.18. The fourth-order valence-electron chi connectivity index (χ4n) is 2.20. The van der Waals surface area contributed by atoms with Gasteiger partial charge in [0.25, 0.3) is 0 Å². The Labute approximate surface area is 119 Å². The van der Waals surface area contributed by atoms with Crippen molar-refractivity contribution in [2.75, 3.05) is 0 Å². The molecule has 5 heteroatoms. The molecule has 0 unspecified atom stereocenters. The van der Waals surface area contributed by atoms with Gasteiger partial charge < -0.3 is 9.79 Å². The first-order valence-electron chi connectivity index (χ1n) is 6.45. The Hall–Kier alpha value is -1.18. The summed E-state index contributed by atoms with van der Waals surface area (Å²) in [4.78, 5) is 29.3. The second-order valence-corrected chi connectivity index (χ2v) is 7.16. The van der Waals surface area contributed by atoms with Gasteiger partial charge >= 0.3 is 7.60 Å². The highest BCUT2D eigenvalue weighted by Crippen LogP contribution is 2.39. The number of carbonyl (C=O) groups is 1. The van der Waals surface area contributed by atoms with Crippen LogP contribution in [0.15, 0.2) is 40.4 Å². The quantitative estimate of drug-likeness (QED) is 0.475. The molecule has 0 bridgehead atoms. The number of hydrogen-bond donors (Lipinski definition) is 2. The molecule has 0 heterocycles. The monoisotopic (exact) mass is 296 g/mol. The Morgan fingerprint density at radius 1 is 1.40 bits per heavy atom. The van der Waals surface area contributed by atoms with E-state index in [0.717, 1.165) is 23.4 Å². The predicted octanol–water partition coefficient (Wildman–Crippen LogP) is 3.48. The van der Waals surface area contributed by atoms with Gasteiger partial charge in [-0.1, -0.05) is 26.0 Å². The lowest BCUT2D eigenvalue weighted by molar-refractivity contribution is -0.116. The van der Waals surface area contributed by atoms with Gasteiger partial charge in [0.15, 0.2) is 5.78 Å². The van der Waals surface area contributed by atoms with Gasteiger partial charge in [0.1, 0.15) is 0 Å². The van der Waals surface area contributed by atoms with Crippen molar-refractivity contribution >= 4 is 13.4 Å². The van der Waals surface area contributed by atoms with Crippen LogP contribution in [0.3, 0.4) is 0 Å².